The number of hydrogen-bond acceptors (Lipinski definition) is 4. The lowest BCUT2D eigenvalue weighted by Crippen LogP contribution is -2.47. The van der Waals surface area contributed by atoms with Crippen LogP contribution < -0.4 is 5.32 Å². The molecule has 1 amide bonds. The third-order valence-electron chi connectivity index (χ3n) is 1.74. The molecule has 5 nitrogen and oxygen atoms in total. The summed E-state index contributed by atoms with van der Waals surface area (Å²) in [7, 11) is 0. The molecule has 0 bridgehead atoms. The number of nitrogens with zero attached hydrogens (tertiary/aromatic N) is 1. The van der Waals surface area contributed by atoms with E-state index in [1.165, 1.54) is 0 Å². The minimum Gasteiger partial charge on any atom is -0.313 e. The first-order valence-electron chi connectivity index (χ1n) is 4.84. The summed E-state index contributed by atoms with van der Waals surface area (Å²) in [4.78, 5) is 22.7. The molecule has 0 saturated carbocycles. The fourth-order valence-electron chi connectivity index (χ4n) is 1.06. The van der Waals surface area contributed by atoms with E-state index in [0.29, 0.717) is 13.1 Å². The third kappa shape index (κ3) is 3.93. The van der Waals surface area contributed by atoms with Gasteiger partial charge in [0, 0.05) is 26.2 Å². The van der Waals surface area contributed by atoms with Crippen LogP contribution in [-0.4, -0.2) is 42.8 Å². The summed E-state index contributed by atoms with van der Waals surface area (Å²) in [6, 6.07) is 0. The number of rotatable bonds is 1. The molecule has 1 aliphatic rings. The van der Waals surface area contributed by atoms with Crippen LogP contribution in [0.15, 0.2) is 0 Å². The van der Waals surface area contributed by atoms with Crippen LogP contribution in [0.25, 0.3) is 0 Å². The summed E-state index contributed by atoms with van der Waals surface area (Å²) >= 11 is 0. The topological polar surface area (TPSA) is 50.8 Å². The molecular weight excluding hydrogens is 184 g/mol. The molecule has 0 aliphatic carbocycles. The molecule has 1 heterocycles. The van der Waals surface area contributed by atoms with Crippen LogP contribution in [0.5, 0.6) is 0 Å². The highest BCUT2D eigenvalue weighted by Gasteiger charge is 2.21. The van der Waals surface area contributed by atoms with E-state index < -0.39 is 11.7 Å². The average molecular weight is 202 g/mol. The number of carbonyl (C=O) groups is 1. The van der Waals surface area contributed by atoms with Gasteiger partial charge in [0.25, 0.3) is 0 Å². The van der Waals surface area contributed by atoms with Gasteiger partial charge in [0.2, 0.25) is 0 Å². The van der Waals surface area contributed by atoms with Crippen LogP contribution >= 0.6 is 0 Å². The fraction of sp³-hybridized carbons (Fsp3) is 0.889. The zero-order valence-corrected chi connectivity index (χ0v) is 9.00. The molecule has 1 fully saturated rings. The molecule has 1 rings (SSSR count). The monoisotopic (exact) mass is 202 g/mol. The Bertz CT molecular complexity index is 195. The number of nitrogens with one attached hydrogen (secondary N) is 1. The van der Waals surface area contributed by atoms with Gasteiger partial charge >= 0.3 is 6.09 Å². The summed E-state index contributed by atoms with van der Waals surface area (Å²) in [6.45, 7) is 8.46. The number of amides is 1. The van der Waals surface area contributed by atoms with Crippen molar-refractivity contribution in [2.75, 3.05) is 26.2 Å². The van der Waals surface area contributed by atoms with Crippen molar-refractivity contribution in [1.82, 2.24) is 10.2 Å². The van der Waals surface area contributed by atoms with Gasteiger partial charge in [-0.1, -0.05) is 0 Å². The maximum absolute atomic E-state index is 11.4. The molecule has 1 saturated heterocycles. The molecule has 0 atom stereocenters. The van der Waals surface area contributed by atoms with Crippen molar-refractivity contribution in [3.63, 3.8) is 0 Å². The van der Waals surface area contributed by atoms with E-state index >= 15 is 0 Å². The van der Waals surface area contributed by atoms with Gasteiger partial charge in [-0.15, -0.1) is 0 Å². The minimum atomic E-state index is -0.455. The molecule has 1 aliphatic heterocycles. The predicted octanol–water partition coefficient (Wildman–Crippen LogP) is 0.758. The Balaban J connectivity index is 2.27. The van der Waals surface area contributed by atoms with Gasteiger partial charge in [-0.05, 0) is 20.8 Å². The Hall–Kier alpha value is -0.810. The second-order valence-electron chi connectivity index (χ2n) is 4.28. The molecule has 5 heteroatoms. The normalized spacial score (nSPS) is 18.1. The fourth-order valence-corrected chi connectivity index (χ4v) is 1.06. The van der Waals surface area contributed by atoms with Gasteiger partial charge in [0.15, 0.2) is 0 Å². The maximum atomic E-state index is 11.4. The van der Waals surface area contributed by atoms with Gasteiger partial charge in [-0.25, -0.2) is 4.79 Å². The van der Waals surface area contributed by atoms with Crippen LogP contribution in [0.4, 0.5) is 4.79 Å². The highest BCUT2D eigenvalue weighted by atomic mass is 17.2. The molecule has 0 radical (unpaired) electrons. The molecule has 14 heavy (non-hydrogen) atoms. The zero-order chi connectivity index (χ0) is 10.6. The number of hydrogen-bond donors (Lipinski definition) is 1. The molecule has 82 valence electrons. The van der Waals surface area contributed by atoms with Gasteiger partial charge in [0.05, 0.1) is 0 Å². The molecule has 1 N–H and O–H groups in total. The third-order valence-corrected chi connectivity index (χ3v) is 1.74. The Morgan fingerprint density at radius 2 is 1.86 bits per heavy atom. The second kappa shape index (κ2) is 4.61. The van der Waals surface area contributed by atoms with Crippen molar-refractivity contribution < 1.29 is 14.6 Å². The second-order valence-corrected chi connectivity index (χ2v) is 4.28. The first kappa shape index (κ1) is 11.3. The van der Waals surface area contributed by atoms with Crippen LogP contribution in [-0.2, 0) is 9.78 Å². The van der Waals surface area contributed by atoms with Crippen molar-refractivity contribution in [1.29, 1.82) is 0 Å². The summed E-state index contributed by atoms with van der Waals surface area (Å²) in [5.41, 5.74) is -0.455. The first-order chi connectivity index (χ1) is 6.49. The summed E-state index contributed by atoms with van der Waals surface area (Å²) in [6.07, 6.45) is -0.401. The van der Waals surface area contributed by atoms with Crippen molar-refractivity contribution in [2.24, 2.45) is 0 Å². The Morgan fingerprint density at radius 3 is 2.36 bits per heavy atom. The Morgan fingerprint density at radius 1 is 1.29 bits per heavy atom. The van der Waals surface area contributed by atoms with Crippen molar-refractivity contribution in [2.45, 2.75) is 26.4 Å². The Kier molecular flexibility index (Phi) is 3.71. The maximum Gasteiger partial charge on any atom is 0.441 e. The van der Waals surface area contributed by atoms with E-state index in [2.05, 4.69) is 5.32 Å². The van der Waals surface area contributed by atoms with Gasteiger partial charge in [0.1, 0.15) is 5.60 Å². The zero-order valence-electron chi connectivity index (χ0n) is 9.00. The lowest BCUT2D eigenvalue weighted by atomic mass is 10.2. The van der Waals surface area contributed by atoms with Crippen LogP contribution in [0, 0.1) is 0 Å². The van der Waals surface area contributed by atoms with Crippen molar-refractivity contribution >= 4 is 6.09 Å². The molecule has 0 unspecified atom stereocenters. The van der Waals surface area contributed by atoms with E-state index in [1.54, 1.807) is 4.90 Å². The van der Waals surface area contributed by atoms with Gasteiger partial charge in [-0.2, -0.15) is 4.89 Å². The van der Waals surface area contributed by atoms with Crippen LogP contribution in [0.2, 0.25) is 0 Å². The van der Waals surface area contributed by atoms with Gasteiger partial charge in [-0.3, -0.25) is 4.89 Å². The highest BCUT2D eigenvalue weighted by molar-refractivity contribution is 5.67. The molecule has 0 aromatic rings. The number of piperazine rings is 1. The SMILES string of the molecule is CC(C)(C)OOC(=O)N1CCNCC1. The van der Waals surface area contributed by atoms with E-state index in [1.807, 2.05) is 20.8 Å². The van der Waals surface area contributed by atoms with Gasteiger partial charge < -0.3 is 10.2 Å². The van der Waals surface area contributed by atoms with Crippen LogP contribution in [0.1, 0.15) is 20.8 Å². The summed E-state index contributed by atoms with van der Waals surface area (Å²) in [5, 5.41) is 3.15. The largest absolute Gasteiger partial charge is 0.441 e. The summed E-state index contributed by atoms with van der Waals surface area (Å²) in [5.74, 6) is 0. The molecule has 0 aromatic carbocycles. The molecule has 0 spiro atoms. The van der Waals surface area contributed by atoms with E-state index in [-0.39, 0.29) is 0 Å². The quantitative estimate of drug-likeness (QED) is 0.504. The van der Waals surface area contributed by atoms with Crippen LogP contribution in [0.3, 0.4) is 0 Å². The van der Waals surface area contributed by atoms with Crippen molar-refractivity contribution in [3.05, 3.63) is 0 Å². The average Bonchev–Trinajstić information content (AvgIpc) is 2.14. The van der Waals surface area contributed by atoms with E-state index in [0.717, 1.165) is 13.1 Å². The van der Waals surface area contributed by atoms with Crippen molar-refractivity contribution in [3.8, 4) is 0 Å². The molecular formula is C9H18N2O3. The van der Waals surface area contributed by atoms with E-state index in [9.17, 15) is 4.79 Å². The lowest BCUT2D eigenvalue weighted by molar-refractivity contribution is -0.305. The Labute approximate surface area is 84.3 Å². The smallest absolute Gasteiger partial charge is 0.313 e. The first-order valence-corrected chi connectivity index (χ1v) is 4.84. The number of carbonyl (C=O) groups excluding carboxylic acids is 1. The molecule has 0 aromatic heterocycles. The predicted molar refractivity (Wildman–Crippen MR) is 51.8 cm³/mol. The summed E-state index contributed by atoms with van der Waals surface area (Å²) < 4.78 is 0. The lowest BCUT2D eigenvalue weighted by Gasteiger charge is -2.27. The standard InChI is InChI=1S/C9H18N2O3/c1-9(2,3)14-13-8(12)11-6-4-10-5-7-11/h10H,4-7H2,1-3H3. The van der Waals surface area contributed by atoms with E-state index in [4.69, 9.17) is 9.78 Å². The minimum absolute atomic E-state index is 0.401. The highest BCUT2D eigenvalue weighted by Crippen LogP contribution is 2.08.